The molecule has 0 aliphatic carbocycles. The fourth-order valence-corrected chi connectivity index (χ4v) is 1.44. The van der Waals surface area contributed by atoms with Gasteiger partial charge in [-0.1, -0.05) is 17.7 Å². The largest absolute Gasteiger partial charge is 0.480 e. The molecule has 0 bridgehead atoms. The number of halogens is 1. The van der Waals surface area contributed by atoms with Gasteiger partial charge in [-0.05, 0) is 24.3 Å². The molecule has 96 valence electrons. The lowest BCUT2D eigenvalue weighted by molar-refractivity contribution is -0.136. The van der Waals surface area contributed by atoms with Crippen LogP contribution in [0.15, 0.2) is 36.4 Å². The standard InChI is InChI=1S/C12H13ClN2O3/c13-9-3-5-10(6-4-9)15(8-12(17)18)11(16)2-1-7-14/h1-6H,7-8,14H2,(H,17,18)/b2-1+. The molecule has 0 unspecified atom stereocenters. The van der Waals surface area contributed by atoms with E-state index in [1.165, 1.54) is 12.2 Å². The number of nitrogens with two attached hydrogens (primary N) is 1. The summed E-state index contributed by atoms with van der Waals surface area (Å²) in [6.45, 7) is -0.206. The topological polar surface area (TPSA) is 83.6 Å². The summed E-state index contributed by atoms with van der Waals surface area (Å²) in [7, 11) is 0. The van der Waals surface area contributed by atoms with Crippen molar-refractivity contribution in [1.29, 1.82) is 0 Å². The van der Waals surface area contributed by atoms with E-state index in [0.717, 1.165) is 4.90 Å². The molecule has 18 heavy (non-hydrogen) atoms. The molecule has 5 nitrogen and oxygen atoms in total. The van der Waals surface area contributed by atoms with Gasteiger partial charge in [0.2, 0.25) is 0 Å². The first-order valence-corrected chi connectivity index (χ1v) is 5.58. The van der Waals surface area contributed by atoms with Gasteiger partial charge < -0.3 is 10.8 Å². The predicted octanol–water partition coefficient (Wildman–Crippen LogP) is 1.27. The Kier molecular flexibility index (Phi) is 5.35. The molecular weight excluding hydrogens is 256 g/mol. The number of amides is 1. The lowest BCUT2D eigenvalue weighted by atomic mass is 10.2. The number of hydrogen-bond acceptors (Lipinski definition) is 3. The first-order chi connectivity index (χ1) is 8.54. The van der Waals surface area contributed by atoms with E-state index in [2.05, 4.69) is 0 Å². The van der Waals surface area contributed by atoms with Gasteiger partial charge >= 0.3 is 5.97 Å². The van der Waals surface area contributed by atoms with Crippen LogP contribution in [0, 0.1) is 0 Å². The number of carboxylic acids is 1. The minimum atomic E-state index is -1.10. The minimum absolute atomic E-state index is 0.216. The van der Waals surface area contributed by atoms with Gasteiger partial charge in [0.1, 0.15) is 6.54 Å². The first kappa shape index (κ1) is 14.2. The molecule has 0 saturated carbocycles. The average molecular weight is 269 g/mol. The highest BCUT2D eigenvalue weighted by Gasteiger charge is 2.16. The highest BCUT2D eigenvalue weighted by Crippen LogP contribution is 2.18. The molecule has 1 amide bonds. The maximum Gasteiger partial charge on any atom is 0.323 e. The molecule has 0 fully saturated rings. The Labute approximate surface area is 109 Å². The van der Waals surface area contributed by atoms with Gasteiger partial charge in [0, 0.05) is 23.3 Å². The molecule has 0 heterocycles. The molecule has 1 rings (SSSR count). The van der Waals surface area contributed by atoms with E-state index in [1.54, 1.807) is 24.3 Å². The fraction of sp³-hybridized carbons (Fsp3) is 0.167. The van der Waals surface area contributed by atoms with Crippen molar-refractivity contribution in [1.82, 2.24) is 0 Å². The summed E-state index contributed by atoms with van der Waals surface area (Å²) in [6, 6.07) is 6.34. The van der Waals surface area contributed by atoms with E-state index in [4.69, 9.17) is 22.4 Å². The molecule has 6 heteroatoms. The first-order valence-electron chi connectivity index (χ1n) is 5.20. The van der Waals surface area contributed by atoms with E-state index in [9.17, 15) is 9.59 Å². The number of nitrogens with zero attached hydrogens (tertiary/aromatic N) is 1. The Morgan fingerprint density at radius 1 is 1.33 bits per heavy atom. The molecule has 3 N–H and O–H groups in total. The summed E-state index contributed by atoms with van der Waals surface area (Å²) in [5.74, 6) is -1.54. The minimum Gasteiger partial charge on any atom is -0.480 e. The van der Waals surface area contributed by atoms with Crippen molar-refractivity contribution in [3.05, 3.63) is 41.4 Å². The van der Waals surface area contributed by atoms with E-state index in [1.807, 2.05) is 0 Å². The number of aliphatic carboxylic acids is 1. The van der Waals surface area contributed by atoms with E-state index in [-0.39, 0.29) is 6.54 Å². The maximum atomic E-state index is 11.8. The summed E-state index contributed by atoms with van der Waals surface area (Å²) in [6.07, 6.45) is 2.71. The predicted molar refractivity (Wildman–Crippen MR) is 69.6 cm³/mol. The van der Waals surface area contributed by atoms with Gasteiger partial charge in [-0.2, -0.15) is 0 Å². The van der Waals surface area contributed by atoms with Crippen molar-refractivity contribution < 1.29 is 14.7 Å². The maximum absolute atomic E-state index is 11.8. The normalized spacial score (nSPS) is 10.6. The lowest BCUT2D eigenvalue weighted by Gasteiger charge is -2.19. The third-order valence-electron chi connectivity index (χ3n) is 2.09. The Morgan fingerprint density at radius 2 is 1.94 bits per heavy atom. The third-order valence-corrected chi connectivity index (χ3v) is 2.35. The van der Waals surface area contributed by atoms with Crippen molar-refractivity contribution in [2.75, 3.05) is 18.0 Å². The van der Waals surface area contributed by atoms with Crippen molar-refractivity contribution in [2.45, 2.75) is 0 Å². The zero-order valence-corrected chi connectivity index (χ0v) is 10.3. The van der Waals surface area contributed by atoms with Crippen molar-refractivity contribution in [3.63, 3.8) is 0 Å². The summed E-state index contributed by atoms with van der Waals surface area (Å²) in [5, 5.41) is 9.32. The monoisotopic (exact) mass is 268 g/mol. The van der Waals surface area contributed by atoms with E-state index >= 15 is 0 Å². The van der Waals surface area contributed by atoms with Crippen LogP contribution in [0.4, 0.5) is 5.69 Å². The van der Waals surface area contributed by atoms with Crippen molar-refractivity contribution in [3.8, 4) is 0 Å². The molecule has 0 radical (unpaired) electrons. The van der Waals surface area contributed by atoms with Crippen LogP contribution in [0.25, 0.3) is 0 Å². The second kappa shape index (κ2) is 6.78. The van der Waals surface area contributed by atoms with Crippen LogP contribution in [0.3, 0.4) is 0 Å². The zero-order valence-electron chi connectivity index (χ0n) is 9.54. The number of rotatable bonds is 5. The third kappa shape index (κ3) is 4.20. The number of carboxylic acid groups (broad SMARTS) is 1. The van der Waals surface area contributed by atoms with Crippen LogP contribution in [-0.4, -0.2) is 30.1 Å². The molecule has 0 saturated heterocycles. The van der Waals surface area contributed by atoms with Gasteiger partial charge in [0.05, 0.1) is 0 Å². The average Bonchev–Trinajstić information content (AvgIpc) is 2.34. The van der Waals surface area contributed by atoms with Gasteiger partial charge in [0.15, 0.2) is 0 Å². The summed E-state index contributed by atoms with van der Waals surface area (Å²) in [5.41, 5.74) is 5.71. The van der Waals surface area contributed by atoms with Crippen LogP contribution >= 0.6 is 11.6 Å². The molecule has 0 aliphatic rings. The Morgan fingerprint density at radius 3 is 2.44 bits per heavy atom. The zero-order chi connectivity index (χ0) is 13.5. The molecule has 0 atom stereocenters. The fourth-order valence-electron chi connectivity index (χ4n) is 1.31. The Bertz CT molecular complexity index is 457. The van der Waals surface area contributed by atoms with Crippen molar-refractivity contribution in [2.24, 2.45) is 5.73 Å². The second-order valence-electron chi connectivity index (χ2n) is 3.43. The van der Waals surface area contributed by atoms with Gasteiger partial charge in [0.25, 0.3) is 5.91 Å². The smallest absolute Gasteiger partial charge is 0.323 e. The van der Waals surface area contributed by atoms with E-state index < -0.39 is 18.4 Å². The number of carbonyl (C=O) groups is 2. The Balaban J connectivity index is 2.97. The number of carbonyl (C=O) groups excluding carboxylic acids is 1. The molecule has 0 spiro atoms. The quantitative estimate of drug-likeness (QED) is 0.788. The van der Waals surface area contributed by atoms with Crippen molar-refractivity contribution >= 4 is 29.2 Å². The SMILES string of the molecule is NC/C=C/C(=O)N(CC(=O)O)c1ccc(Cl)cc1. The Hall–Kier alpha value is -1.85. The van der Waals surface area contributed by atoms with Crippen LogP contribution < -0.4 is 10.6 Å². The van der Waals surface area contributed by atoms with Gasteiger partial charge in [-0.15, -0.1) is 0 Å². The van der Waals surface area contributed by atoms with Gasteiger partial charge in [-0.25, -0.2) is 0 Å². The summed E-state index contributed by atoms with van der Waals surface area (Å²) < 4.78 is 0. The number of benzene rings is 1. The highest BCUT2D eigenvalue weighted by molar-refractivity contribution is 6.30. The highest BCUT2D eigenvalue weighted by atomic mass is 35.5. The number of anilines is 1. The van der Waals surface area contributed by atoms with Crippen LogP contribution in [0.5, 0.6) is 0 Å². The summed E-state index contributed by atoms with van der Waals surface area (Å²) in [4.78, 5) is 23.7. The molecular formula is C12H13ClN2O3. The van der Waals surface area contributed by atoms with Gasteiger partial charge in [-0.3, -0.25) is 14.5 Å². The lowest BCUT2D eigenvalue weighted by Crippen LogP contribution is -2.34. The van der Waals surface area contributed by atoms with Crippen LogP contribution in [0.2, 0.25) is 5.02 Å². The van der Waals surface area contributed by atoms with Crippen LogP contribution in [-0.2, 0) is 9.59 Å². The summed E-state index contributed by atoms with van der Waals surface area (Å²) >= 11 is 5.73. The molecule has 0 aliphatic heterocycles. The molecule has 0 aromatic heterocycles. The molecule has 1 aromatic carbocycles. The van der Waals surface area contributed by atoms with Crippen LogP contribution in [0.1, 0.15) is 0 Å². The molecule has 1 aromatic rings. The number of hydrogen-bond donors (Lipinski definition) is 2. The second-order valence-corrected chi connectivity index (χ2v) is 3.87. The van der Waals surface area contributed by atoms with E-state index in [0.29, 0.717) is 10.7 Å².